The van der Waals surface area contributed by atoms with Crippen LogP contribution >= 0.6 is 0 Å². The van der Waals surface area contributed by atoms with E-state index in [0.29, 0.717) is 31.2 Å². The molecule has 1 amide bonds. The van der Waals surface area contributed by atoms with E-state index in [2.05, 4.69) is 4.98 Å². The summed E-state index contributed by atoms with van der Waals surface area (Å²) in [5.41, 5.74) is 1.88. The van der Waals surface area contributed by atoms with Crippen molar-refractivity contribution in [3.8, 4) is 17.1 Å². The number of oxazole rings is 1. The number of carbonyl (C=O) groups is 2. The van der Waals surface area contributed by atoms with E-state index in [1.165, 1.54) is 4.90 Å². The predicted octanol–water partition coefficient (Wildman–Crippen LogP) is 3.87. The van der Waals surface area contributed by atoms with Gasteiger partial charge in [0.2, 0.25) is 0 Å². The summed E-state index contributed by atoms with van der Waals surface area (Å²) in [7, 11) is 1.67. The molecule has 0 atom stereocenters. The number of likely N-dealkylation sites (N-methyl/N-ethyl adjacent to an activating group) is 1. The molecule has 31 heavy (non-hydrogen) atoms. The zero-order chi connectivity index (χ0) is 22.1. The first-order valence-corrected chi connectivity index (χ1v) is 10.2. The van der Waals surface area contributed by atoms with Crippen LogP contribution in [0.2, 0.25) is 0 Å². The average Bonchev–Trinajstić information content (AvgIpc) is 3.27. The zero-order valence-corrected chi connectivity index (χ0v) is 17.7. The Morgan fingerprint density at radius 1 is 1.06 bits per heavy atom. The van der Waals surface area contributed by atoms with Crippen molar-refractivity contribution in [3.05, 3.63) is 72.2 Å². The fourth-order valence-corrected chi connectivity index (χ4v) is 2.92. The van der Waals surface area contributed by atoms with E-state index in [-0.39, 0.29) is 18.9 Å². The molecule has 3 rings (SSSR count). The van der Waals surface area contributed by atoms with Crippen LogP contribution in [0, 0.1) is 0 Å². The van der Waals surface area contributed by atoms with Crippen molar-refractivity contribution in [3.63, 3.8) is 0 Å². The molecule has 3 aromatic rings. The predicted molar refractivity (Wildman–Crippen MR) is 115 cm³/mol. The highest BCUT2D eigenvalue weighted by Gasteiger charge is 2.14. The summed E-state index contributed by atoms with van der Waals surface area (Å²) < 4.78 is 16.2. The second kappa shape index (κ2) is 11.0. The second-order valence-corrected chi connectivity index (χ2v) is 6.97. The quantitative estimate of drug-likeness (QED) is 0.461. The fraction of sp³-hybridized carbons (Fsp3) is 0.292. The Balaban J connectivity index is 1.39. The molecule has 0 N–H and O–H groups in total. The molecule has 0 aliphatic carbocycles. The summed E-state index contributed by atoms with van der Waals surface area (Å²) >= 11 is 0. The van der Waals surface area contributed by atoms with Crippen molar-refractivity contribution in [1.82, 2.24) is 9.88 Å². The molecule has 7 nitrogen and oxygen atoms in total. The number of aromatic nitrogens is 1. The van der Waals surface area contributed by atoms with Gasteiger partial charge in [-0.05, 0) is 24.6 Å². The van der Waals surface area contributed by atoms with E-state index in [4.69, 9.17) is 13.9 Å². The molecule has 2 aromatic carbocycles. The molecule has 1 heterocycles. The van der Waals surface area contributed by atoms with Gasteiger partial charge in [-0.15, -0.1) is 0 Å². The van der Waals surface area contributed by atoms with Crippen molar-refractivity contribution in [2.75, 3.05) is 20.3 Å². The van der Waals surface area contributed by atoms with Crippen LogP contribution in [0.3, 0.4) is 0 Å². The van der Waals surface area contributed by atoms with E-state index in [1.807, 2.05) is 61.5 Å². The molecule has 0 fully saturated rings. The van der Waals surface area contributed by atoms with E-state index in [9.17, 15) is 9.59 Å². The van der Waals surface area contributed by atoms with Gasteiger partial charge in [0.15, 0.2) is 18.3 Å². The zero-order valence-electron chi connectivity index (χ0n) is 17.7. The fourth-order valence-electron chi connectivity index (χ4n) is 2.92. The molecule has 0 spiro atoms. The van der Waals surface area contributed by atoms with Gasteiger partial charge in [0.05, 0.1) is 19.2 Å². The Hall–Kier alpha value is -3.61. The summed E-state index contributed by atoms with van der Waals surface area (Å²) in [6, 6.07) is 17.1. The van der Waals surface area contributed by atoms with Crippen molar-refractivity contribution in [2.24, 2.45) is 0 Å². The Labute approximate surface area is 181 Å². The topological polar surface area (TPSA) is 81.9 Å². The minimum atomic E-state index is -0.470. The molecule has 0 radical (unpaired) electrons. The Kier molecular flexibility index (Phi) is 7.81. The molecule has 0 aliphatic rings. The molecular weight excluding hydrogens is 396 g/mol. The number of aryl methyl sites for hydroxylation is 1. The van der Waals surface area contributed by atoms with Crippen LogP contribution in [0.25, 0.3) is 11.3 Å². The van der Waals surface area contributed by atoms with Gasteiger partial charge in [-0.2, -0.15) is 0 Å². The van der Waals surface area contributed by atoms with E-state index in [1.54, 1.807) is 13.2 Å². The first-order valence-electron chi connectivity index (χ1n) is 10.2. The third-order valence-corrected chi connectivity index (χ3v) is 4.59. The largest absolute Gasteiger partial charge is 0.494 e. The van der Waals surface area contributed by atoms with Crippen LogP contribution in [0.5, 0.6) is 5.75 Å². The molecule has 0 saturated heterocycles. The second-order valence-electron chi connectivity index (χ2n) is 6.97. The third kappa shape index (κ3) is 6.70. The van der Waals surface area contributed by atoms with Crippen molar-refractivity contribution < 1.29 is 23.5 Å². The maximum Gasteiger partial charge on any atom is 0.306 e. The molecule has 0 unspecified atom stereocenters. The highest BCUT2D eigenvalue weighted by molar-refractivity contribution is 5.80. The van der Waals surface area contributed by atoms with Crippen LogP contribution in [0.15, 0.2) is 65.2 Å². The summed E-state index contributed by atoms with van der Waals surface area (Å²) in [4.78, 5) is 30.0. The molecule has 0 aliphatic heterocycles. The van der Waals surface area contributed by atoms with E-state index < -0.39 is 5.97 Å². The molecular formula is C24H26N2O5. The van der Waals surface area contributed by atoms with Crippen LogP contribution < -0.4 is 4.74 Å². The van der Waals surface area contributed by atoms with Gasteiger partial charge in [0.25, 0.3) is 5.91 Å². The molecule has 1 aromatic heterocycles. The number of rotatable bonds is 10. The molecule has 0 bridgehead atoms. The first kappa shape index (κ1) is 22.1. The summed E-state index contributed by atoms with van der Waals surface area (Å²) in [6.45, 7) is 2.65. The lowest BCUT2D eigenvalue weighted by molar-refractivity contribution is -0.151. The number of hydrogen-bond donors (Lipinski definition) is 0. The number of esters is 1. The normalized spacial score (nSPS) is 10.5. The highest BCUT2D eigenvalue weighted by atomic mass is 16.5. The highest BCUT2D eigenvalue weighted by Crippen LogP contribution is 2.20. The van der Waals surface area contributed by atoms with Gasteiger partial charge in [-0.1, -0.05) is 42.5 Å². The number of carbonyl (C=O) groups excluding carboxylic acids is 2. The molecule has 7 heteroatoms. The smallest absolute Gasteiger partial charge is 0.306 e. The minimum absolute atomic E-state index is 0.0879. The number of hydrogen-bond acceptors (Lipinski definition) is 6. The standard InChI is InChI=1S/C24H26N2O5/c1-3-29-20-11-9-18(10-12-20)16-26(2)23(27)17-30-24(28)14-13-22-25-15-21(31-22)19-7-5-4-6-8-19/h4-12,15H,3,13-14,16-17H2,1-2H3. The molecule has 0 saturated carbocycles. The minimum Gasteiger partial charge on any atom is -0.494 e. The number of benzene rings is 2. The van der Waals surface area contributed by atoms with E-state index in [0.717, 1.165) is 16.9 Å². The Bertz CT molecular complexity index is 983. The SMILES string of the molecule is CCOc1ccc(CN(C)C(=O)COC(=O)CCc2ncc(-c3ccccc3)o2)cc1. The lowest BCUT2D eigenvalue weighted by Gasteiger charge is -2.17. The maximum atomic E-state index is 12.2. The Morgan fingerprint density at radius 2 is 1.81 bits per heavy atom. The number of ether oxygens (including phenoxy) is 2. The summed E-state index contributed by atoms with van der Waals surface area (Å²) in [6.07, 6.45) is 2.03. The van der Waals surface area contributed by atoms with Crippen molar-refractivity contribution in [1.29, 1.82) is 0 Å². The van der Waals surface area contributed by atoms with Crippen LogP contribution in [-0.2, 0) is 27.3 Å². The van der Waals surface area contributed by atoms with Crippen LogP contribution in [0.4, 0.5) is 0 Å². The maximum absolute atomic E-state index is 12.2. The summed E-state index contributed by atoms with van der Waals surface area (Å²) in [5, 5.41) is 0. The van der Waals surface area contributed by atoms with Crippen molar-refractivity contribution in [2.45, 2.75) is 26.3 Å². The summed E-state index contributed by atoms with van der Waals surface area (Å²) in [5.74, 6) is 1.15. The number of nitrogens with zero attached hydrogens (tertiary/aromatic N) is 2. The third-order valence-electron chi connectivity index (χ3n) is 4.59. The van der Waals surface area contributed by atoms with Gasteiger partial charge in [0.1, 0.15) is 5.75 Å². The number of amides is 1. The van der Waals surface area contributed by atoms with Gasteiger partial charge in [-0.25, -0.2) is 4.98 Å². The van der Waals surface area contributed by atoms with Gasteiger partial charge < -0.3 is 18.8 Å². The Morgan fingerprint density at radius 3 is 2.52 bits per heavy atom. The van der Waals surface area contributed by atoms with Gasteiger partial charge >= 0.3 is 5.97 Å². The molecule has 162 valence electrons. The lowest BCUT2D eigenvalue weighted by atomic mass is 10.2. The average molecular weight is 422 g/mol. The first-order chi connectivity index (χ1) is 15.0. The van der Waals surface area contributed by atoms with Gasteiger partial charge in [-0.3, -0.25) is 9.59 Å². The van der Waals surface area contributed by atoms with Gasteiger partial charge in [0, 0.05) is 25.6 Å². The van der Waals surface area contributed by atoms with Crippen molar-refractivity contribution >= 4 is 11.9 Å². The van der Waals surface area contributed by atoms with Crippen LogP contribution in [0.1, 0.15) is 24.8 Å². The van der Waals surface area contributed by atoms with Crippen LogP contribution in [-0.4, -0.2) is 42.0 Å². The monoisotopic (exact) mass is 422 g/mol. The lowest BCUT2D eigenvalue weighted by Crippen LogP contribution is -2.30. The van der Waals surface area contributed by atoms with E-state index >= 15 is 0 Å².